The molecule has 3 N–H and O–H groups in total. The first kappa shape index (κ1) is 15.8. The molecule has 0 aromatic heterocycles. The lowest BCUT2D eigenvalue weighted by molar-refractivity contribution is 0.601. The summed E-state index contributed by atoms with van der Waals surface area (Å²) in [4.78, 5) is -0.0261. The topological polar surface area (TPSA) is 72.2 Å². The summed E-state index contributed by atoms with van der Waals surface area (Å²) in [6, 6.07) is 6.85. The summed E-state index contributed by atoms with van der Waals surface area (Å²) in [5.41, 5.74) is 7.77. The minimum Gasteiger partial charge on any atom is -0.398 e. The van der Waals surface area contributed by atoms with Crippen LogP contribution in [-0.4, -0.2) is 8.42 Å². The lowest BCUT2D eigenvalue weighted by Crippen LogP contribution is -2.15. The van der Waals surface area contributed by atoms with E-state index in [2.05, 4.69) is 20.7 Å². The van der Waals surface area contributed by atoms with Crippen LogP contribution in [0.2, 0.25) is 0 Å². The predicted molar refractivity (Wildman–Crippen MR) is 85.2 cm³/mol. The van der Waals surface area contributed by atoms with E-state index in [9.17, 15) is 12.8 Å². The van der Waals surface area contributed by atoms with Crippen molar-refractivity contribution >= 4 is 37.3 Å². The van der Waals surface area contributed by atoms with Crippen molar-refractivity contribution in [3.05, 3.63) is 51.7 Å². The molecule has 0 aliphatic heterocycles. The minimum atomic E-state index is -3.89. The van der Waals surface area contributed by atoms with Gasteiger partial charge in [0.05, 0.1) is 11.4 Å². The van der Waals surface area contributed by atoms with E-state index in [1.54, 1.807) is 13.0 Å². The normalized spacial score (nSPS) is 11.4. The molecule has 21 heavy (non-hydrogen) atoms. The van der Waals surface area contributed by atoms with Crippen LogP contribution >= 0.6 is 15.9 Å². The summed E-state index contributed by atoms with van der Waals surface area (Å²) >= 11 is 3.18. The van der Waals surface area contributed by atoms with Crippen LogP contribution in [0.3, 0.4) is 0 Å². The molecule has 2 rings (SSSR count). The Balaban J connectivity index is 2.48. The second-order valence-electron chi connectivity index (χ2n) is 4.70. The Labute approximate surface area is 131 Å². The lowest BCUT2D eigenvalue weighted by atomic mass is 10.1. The molecule has 112 valence electrons. The van der Waals surface area contributed by atoms with Crippen LogP contribution in [0, 0.1) is 19.7 Å². The highest BCUT2D eigenvalue weighted by Gasteiger charge is 2.20. The summed E-state index contributed by atoms with van der Waals surface area (Å²) in [5, 5.41) is 0. The molecule has 0 radical (unpaired) electrons. The molecule has 0 amide bonds. The van der Waals surface area contributed by atoms with Gasteiger partial charge >= 0.3 is 0 Å². The van der Waals surface area contributed by atoms with E-state index in [0.29, 0.717) is 4.47 Å². The number of nitrogens with two attached hydrogens (primary N) is 1. The largest absolute Gasteiger partial charge is 0.398 e. The molecule has 0 bridgehead atoms. The Morgan fingerprint density at radius 1 is 1.14 bits per heavy atom. The van der Waals surface area contributed by atoms with Crippen molar-refractivity contribution < 1.29 is 12.8 Å². The van der Waals surface area contributed by atoms with Gasteiger partial charge in [-0.15, -0.1) is 0 Å². The Bertz CT molecular complexity index is 807. The zero-order chi connectivity index (χ0) is 15.8. The van der Waals surface area contributed by atoms with E-state index >= 15 is 0 Å². The van der Waals surface area contributed by atoms with Gasteiger partial charge in [0.1, 0.15) is 10.7 Å². The third-order valence-electron chi connectivity index (χ3n) is 3.09. The van der Waals surface area contributed by atoms with Gasteiger partial charge in [-0.05, 0) is 71.2 Å². The molecule has 0 saturated carbocycles. The van der Waals surface area contributed by atoms with Gasteiger partial charge in [0.15, 0.2) is 0 Å². The van der Waals surface area contributed by atoms with Crippen molar-refractivity contribution in [2.24, 2.45) is 0 Å². The van der Waals surface area contributed by atoms with Crippen molar-refractivity contribution in [3.63, 3.8) is 0 Å². The molecule has 0 fully saturated rings. The van der Waals surface area contributed by atoms with Gasteiger partial charge in [-0.2, -0.15) is 0 Å². The molecule has 0 spiro atoms. The number of benzene rings is 2. The summed E-state index contributed by atoms with van der Waals surface area (Å²) in [7, 11) is -3.89. The van der Waals surface area contributed by atoms with Crippen LogP contribution in [0.4, 0.5) is 15.8 Å². The molecule has 2 aromatic carbocycles. The van der Waals surface area contributed by atoms with E-state index < -0.39 is 15.8 Å². The SMILES string of the molecule is Cc1cc(N)c(S(=O)(=O)Nc2cc(F)ccc2Br)cc1C. The second-order valence-corrected chi connectivity index (χ2v) is 7.21. The number of rotatable bonds is 3. The second kappa shape index (κ2) is 5.65. The summed E-state index contributed by atoms with van der Waals surface area (Å²) < 4.78 is 40.8. The van der Waals surface area contributed by atoms with E-state index in [1.807, 2.05) is 6.92 Å². The van der Waals surface area contributed by atoms with Crippen molar-refractivity contribution in [2.75, 3.05) is 10.5 Å². The maximum absolute atomic E-state index is 13.2. The van der Waals surface area contributed by atoms with Crippen LogP contribution in [-0.2, 0) is 10.0 Å². The number of hydrogen-bond donors (Lipinski definition) is 2. The Kier molecular flexibility index (Phi) is 4.25. The van der Waals surface area contributed by atoms with Gasteiger partial charge in [-0.1, -0.05) is 0 Å². The van der Waals surface area contributed by atoms with Gasteiger partial charge in [-0.3, -0.25) is 4.72 Å². The fourth-order valence-corrected chi connectivity index (χ4v) is 3.57. The number of anilines is 2. The lowest BCUT2D eigenvalue weighted by Gasteiger charge is -2.13. The summed E-state index contributed by atoms with van der Waals surface area (Å²) in [6.07, 6.45) is 0. The maximum Gasteiger partial charge on any atom is 0.263 e. The van der Waals surface area contributed by atoms with E-state index in [-0.39, 0.29) is 16.3 Å². The minimum absolute atomic E-state index is 0.0261. The monoisotopic (exact) mass is 372 g/mol. The molecular weight excluding hydrogens is 359 g/mol. The van der Waals surface area contributed by atoms with Crippen LogP contribution < -0.4 is 10.5 Å². The average Bonchev–Trinajstić information content (AvgIpc) is 2.37. The van der Waals surface area contributed by atoms with Gasteiger partial charge in [0.2, 0.25) is 0 Å². The molecule has 0 unspecified atom stereocenters. The van der Waals surface area contributed by atoms with Gasteiger partial charge in [0, 0.05) is 4.47 Å². The molecule has 0 aliphatic carbocycles. The summed E-state index contributed by atoms with van der Waals surface area (Å²) in [5.74, 6) is -0.538. The number of nitrogens with one attached hydrogen (secondary N) is 1. The molecular formula is C14H14BrFN2O2S. The van der Waals surface area contributed by atoms with Crippen LogP contribution in [0.15, 0.2) is 39.7 Å². The van der Waals surface area contributed by atoms with E-state index in [4.69, 9.17) is 5.73 Å². The van der Waals surface area contributed by atoms with Crippen molar-refractivity contribution in [1.82, 2.24) is 0 Å². The highest BCUT2D eigenvalue weighted by atomic mass is 79.9. The summed E-state index contributed by atoms with van der Waals surface area (Å²) in [6.45, 7) is 3.64. The maximum atomic E-state index is 13.2. The molecule has 7 heteroatoms. The van der Waals surface area contributed by atoms with Crippen molar-refractivity contribution in [2.45, 2.75) is 18.7 Å². The molecule has 0 aliphatic rings. The number of nitrogen functional groups attached to an aromatic ring is 1. The smallest absolute Gasteiger partial charge is 0.263 e. The van der Waals surface area contributed by atoms with Crippen LogP contribution in [0.1, 0.15) is 11.1 Å². The number of halogens is 2. The van der Waals surface area contributed by atoms with Crippen LogP contribution in [0.5, 0.6) is 0 Å². The van der Waals surface area contributed by atoms with Gasteiger partial charge in [0.25, 0.3) is 10.0 Å². The van der Waals surface area contributed by atoms with Gasteiger partial charge in [-0.25, -0.2) is 12.8 Å². The highest BCUT2D eigenvalue weighted by Crippen LogP contribution is 2.28. The third kappa shape index (κ3) is 3.36. The zero-order valence-electron chi connectivity index (χ0n) is 11.4. The van der Waals surface area contributed by atoms with E-state index in [0.717, 1.165) is 17.2 Å². The van der Waals surface area contributed by atoms with Crippen molar-refractivity contribution in [1.29, 1.82) is 0 Å². The molecule has 0 atom stereocenters. The third-order valence-corrected chi connectivity index (χ3v) is 5.20. The number of aryl methyl sites for hydroxylation is 2. The van der Waals surface area contributed by atoms with E-state index in [1.165, 1.54) is 18.2 Å². The first-order valence-electron chi connectivity index (χ1n) is 6.05. The highest BCUT2D eigenvalue weighted by molar-refractivity contribution is 9.10. The first-order chi connectivity index (χ1) is 9.70. The average molecular weight is 373 g/mol. The predicted octanol–water partition coefficient (Wildman–Crippen LogP) is 3.59. The Morgan fingerprint density at radius 2 is 1.76 bits per heavy atom. The zero-order valence-corrected chi connectivity index (χ0v) is 13.8. The van der Waals surface area contributed by atoms with Crippen LogP contribution in [0.25, 0.3) is 0 Å². The van der Waals surface area contributed by atoms with Gasteiger partial charge < -0.3 is 5.73 Å². The molecule has 2 aromatic rings. The van der Waals surface area contributed by atoms with Crippen molar-refractivity contribution in [3.8, 4) is 0 Å². The Hall–Kier alpha value is -1.60. The molecule has 0 heterocycles. The first-order valence-corrected chi connectivity index (χ1v) is 8.33. The molecule has 0 saturated heterocycles. The molecule has 4 nitrogen and oxygen atoms in total. The number of sulfonamides is 1. The Morgan fingerprint density at radius 3 is 2.43 bits per heavy atom. The quantitative estimate of drug-likeness (QED) is 0.808. The fraction of sp³-hybridized carbons (Fsp3) is 0.143. The number of hydrogen-bond acceptors (Lipinski definition) is 3. The standard InChI is InChI=1S/C14H14BrFN2O2S/c1-8-5-12(17)14(6-9(8)2)21(19,20)18-13-7-10(16)3-4-11(13)15/h3-7,18H,17H2,1-2H3. The fourth-order valence-electron chi connectivity index (χ4n) is 1.82.